The number of hydrogen-bond donors (Lipinski definition) is 1. The summed E-state index contributed by atoms with van der Waals surface area (Å²) in [5.41, 5.74) is 5.48. The molecular formula is C15H25N3O. The Hall–Kier alpha value is -1.84. The summed E-state index contributed by atoms with van der Waals surface area (Å²) in [7, 11) is 1.64. The Morgan fingerprint density at radius 1 is 1.05 bits per heavy atom. The van der Waals surface area contributed by atoms with Gasteiger partial charge in [0.25, 0.3) is 0 Å². The van der Waals surface area contributed by atoms with E-state index in [2.05, 4.69) is 4.99 Å². The van der Waals surface area contributed by atoms with E-state index in [1.807, 2.05) is 64.1 Å². The number of carbonyl (C=O) groups is 1. The van der Waals surface area contributed by atoms with Gasteiger partial charge in [0.2, 0.25) is 5.91 Å². The second-order valence-electron chi connectivity index (χ2n) is 4.07. The van der Waals surface area contributed by atoms with Crippen molar-refractivity contribution in [1.29, 1.82) is 0 Å². The second-order valence-corrected chi connectivity index (χ2v) is 4.07. The quantitative estimate of drug-likeness (QED) is 0.782. The Labute approximate surface area is 116 Å². The number of guanidine groups is 1. The van der Waals surface area contributed by atoms with E-state index >= 15 is 0 Å². The average molecular weight is 263 g/mol. The van der Waals surface area contributed by atoms with Gasteiger partial charge in [-0.2, -0.15) is 0 Å². The van der Waals surface area contributed by atoms with Crippen LogP contribution in [0.3, 0.4) is 0 Å². The number of amides is 1. The van der Waals surface area contributed by atoms with Gasteiger partial charge in [0.15, 0.2) is 5.96 Å². The lowest BCUT2D eigenvalue weighted by molar-refractivity contribution is -0.131. The van der Waals surface area contributed by atoms with Gasteiger partial charge >= 0.3 is 0 Å². The van der Waals surface area contributed by atoms with Crippen LogP contribution in [0.25, 0.3) is 0 Å². The van der Waals surface area contributed by atoms with E-state index in [-0.39, 0.29) is 17.9 Å². The number of rotatable bonds is 0. The Morgan fingerprint density at radius 2 is 1.42 bits per heavy atom. The summed E-state index contributed by atoms with van der Waals surface area (Å²) in [6, 6.07) is 12.0. The van der Waals surface area contributed by atoms with Crippen LogP contribution in [0.15, 0.2) is 41.4 Å². The van der Waals surface area contributed by atoms with Crippen molar-refractivity contribution in [2.24, 2.45) is 16.6 Å². The Morgan fingerprint density at radius 3 is 1.79 bits per heavy atom. The Bertz CT molecular complexity index is 363. The summed E-state index contributed by atoms with van der Waals surface area (Å²) in [4.78, 5) is 16.8. The predicted octanol–water partition coefficient (Wildman–Crippen LogP) is 2.51. The zero-order valence-corrected chi connectivity index (χ0v) is 12.5. The van der Waals surface area contributed by atoms with Crippen molar-refractivity contribution in [2.75, 3.05) is 7.05 Å². The highest BCUT2D eigenvalue weighted by atomic mass is 16.2. The topological polar surface area (TPSA) is 58.7 Å². The Balaban J connectivity index is 0.000000341. The lowest BCUT2D eigenvalue weighted by atomic mass is 10.0. The highest BCUT2D eigenvalue weighted by Crippen LogP contribution is 2.14. The van der Waals surface area contributed by atoms with Crippen molar-refractivity contribution < 1.29 is 4.79 Å². The van der Waals surface area contributed by atoms with Gasteiger partial charge in [0.1, 0.15) is 0 Å². The molecule has 4 nitrogen and oxygen atoms in total. The van der Waals surface area contributed by atoms with Crippen molar-refractivity contribution in [3.05, 3.63) is 36.4 Å². The van der Waals surface area contributed by atoms with Crippen LogP contribution in [-0.2, 0) is 4.79 Å². The van der Waals surface area contributed by atoms with Gasteiger partial charge in [-0.1, -0.05) is 57.2 Å². The molecule has 0 fully saturated rings. The second kappa shape index (κ2) is 9.14. The Kier molecular flexibility index (Phi) is 8.25. The molecule has 1 heterocycles. The van der Waals surface area contributed by atoms with Crippen LogP contribution in [0.1, 0.15) is 27.7 Å². The fourth-order valence-electron chi connectivity index (χ4n) is 1.42. The van der Waals surface area contributed by atoms with Crippen LogP contribution < -0.4 is 5.73 Å². The highest BCUT2D eigenvalue weighted by Gasteiger charge is 2.29. The summed E-state index contributed by atoms with van der Waals surface area (Å²) in [5.74, 6) is 0.318. The van der Waals surface area contributed by atoms with Crippen molar-refractivity contribution in [3.63, 3.8) is 0 Å². The molecule has 0 spiro atoms. The number of benzene rings is 1. The predicted molar refractivity (Wildman–Crippen MR) is 80.8 cm³/mol. The number of aliphatic imine (C=N–C) groups is 1. The van der Waals surface area contributed by atoms with Gasteiger partial charge in [-0.25, -0.2) is 4.99 Å². The molecule has 0 aliphatic carbocycles. The van der Waals surface area contributed by atoms with E-state index in [0.29, 0.717) is 5.96 Å². The number of hydrogen-bond acceptors (Lipinski definition) is 3. The molecule has 1 aliphatic rings. The first-order valence-electron chi connectivity index (χ1n) is 6.65. The summed E-state index contributed by atoms with van der Waals surface area (Å²) >= 11 is 0. The number of carbonyl (C=O) groups excluding carboxylic acids is 1. The van der Waals surface area contributed by atoms with Gasteiger partial charge in [-0.15, -0.1) is 0 Å². The summed E-state index contributed by atoms with van der Waals surface area (Å²) in [5, 5.41) is 0. The van der Waals surface area contributed by atoms with Crippen LogP contribution in [0.2, 0.25) is 0 Å². The molecule has 106 valence electrons. The molecule has 0 saturated heterocycles. The van der Waals surface area contributed by atoms with Gasteiger partial charge in [-0.05, 0) is 6.92 Å². The van der Waals surface area contributed by atoms with E-state index in [4.69, 9.17) is 5.73 Å². The minimum absolute atomic E-state index is 0.0127. The number of nitrogens with two attached hydrogens (primary N) is 1. The SMILES string of the molecule is CC.CC1N=C(N)N(C)C(=O)C1C.c1ccccc1. The molecule has 0 saturated carbocycles. The largest absolute Gasteiger partial charge is 0.369 e. The third kappa shape index (κ3) is 5.55. The molecular weight excluding hydrogens is 238 g/mol. The van der Waals surface area contributed by atoms with E-state index in [1.54, 1.807) is 7.05 Å². The molecule has 19 heavy (non-hydrogen) atoms. The lowest BCUT2D eigenvalue weighted by Crippen LogP contribution is -2.48. The average Bonchev–Trinajstić information content (AvgIpc) is 2.48. The van der Waals surface area contributed by atoms with Crippen molar-refractivity contribution in [3.8, 4) is 0 Å². The van der Waals surface area contributed by atoms with Crippen molar-refractivity contribution in [1.82, 2.24) is 4.90 Å². The fraction of sp³-hybridized carbons (Fsp3) is 0.467. The highest BCUT2D eigenvalue weighted by molar-refractivity contribution is 5.99. The van der Waals surface area contributed by atoms with Gasteiger partial charge in [0, 0.05) is 7.05 Å². The maximum Gasteiger partial charge on any atom is 0.233 e. The third-order valence-electron chi connectivity index (χ3n) is 2.79. The fourth-order valence-corrected chi connectivity index (χ4v) is 1.42. The minimum Gasteiger partial charge on any atom is -0.369 e. The summed E-state index contributed by atoms with van der Waals surface area (Å²) in [6.45, 7) is 7.75. The molecule has 2 unspecified atom stereocenters. The van der Waals surface area contributed by atoms with Gasteiger partial charge in [-0.3, -0.25) is 9.69 Å². The molecule has 2 N–H and O–H groups in total. The molecule has 2 rings (SSSR count). The molecule has 1 aliphatic heterocycles. The smallest absolute Gasteiger partial charge is 0.233 e. The van der Waals surface area contributed by atoms with E-state index < -0.39 is 0 Å². The zero-order chi connectivity index (χ0) is 14.8. The van der Waals surface area contributed by atoms with E-state index in [0.717, 1.165) is 0 Å². The molecule has 2 atom stereocenters. The molecule has 4 heteroatoms. The first kappa shape index (κ1) is 17.2. The standard InChI is InChI=1S/C7H13N3O.C6H6.C2H6/c1-4-5(2)9-7(8)10(3)6(4)11;1-2-4-6-5-3-1;1-2/h4-5H,1-3H3,(H2,8,9);1-6H;1-2H3. The molecule has 1 aromatic rings. The first-order valence-corrected chi connectivity index (χ1v) is 6.65. The summed E-state index contributed by atoms with van der Waals surface area (Å²) < 4.78 is 0. The van der Waals surface area contributed by atoms with Crippen LogP contribution >= 0.6 is 0 Å². The minimum atomic E-state index is -0.0488. The van der Waals surface area contributed by atoms with Gasteiger partial charge < -0.3 is 5.73 Å². The monoisotopic (exact) mass is 263 g/mol. The van der Waals surface area contributed by atoms with Gasteiger partial charge in [0.05, 0.1) is 12.0 Å². The molecule has 0 bridgehead atoms. The van der Waals surface area contributed by atoms with Crippen molar-refractivity contribution in [2.45, 2.75) is 33.7 Å². The summed E-state index contributed by atoms with van der Waals surface area (Å²) in [6.07, 6.45) is 0. The maximum atomic E-state index is 11.3. The van der Waals surface area contributed by atoms with E-state index in [9.17, 15) is 4.79 Å². The number of nitrogens with zero attached hydrogens (tertiary/aromatic N) is 2. The normalized spacial score (nSPS) is 21.4. The van der Waals surface area contributed by atoms with Crippen molar-refractivity contribution >= 4 is 11.9 Å². The molecule has 0 radical (unpaired) electrons. The van der Waals surface area contributed by atoms with Crippen LogP contribution in [0.5, 0.6) is 0 Å². The van der Waals surface area contributed by atoms with E-state index in [1.165, 1.54) is 4.90 Å². The van der Waals surface area contributed by atoms with Crippen LogP contribution in [0, 0.1) is 5.92 Å². The van der Waals surface area contributed by atoms with Crippen LogP contribution in [-0.4, -0.2) is 29.9 Å². The molecule has 0 aromatic heterocycles. The lowest BCUT2D eigenvalue weighted by Gasteiger charge is -2.28. The molecule has 1 aromatic carbocycles. The molecule has 1 amide bonds. The maximum absolute atomic E-state index is 11.3. The van der Waals surface area contributed by atoms with Crippen LogP contribution in [0.4, 0.5) is 0 Å². The third-order valence-corrected chi connectivity index (χ3v) is 2.79. The zero-order valence-electron chi connectivity index (χ0n) is 12.5. The first-order chi connectivity index (χ1) is 9.04.